The molecule has 1 N–H and O–H groups in total. The number of thiazole rings is 1. The van der Waals surface area contributed by atoms with Gasteiger partial charge < -0.3 is 10.1 Å². The minimum atomic E-state index is -0.375. The van der Waals surface area contributed by atoms with Crippen LogP contribution in [0.4, 0.5) is 0 Å². The van der Waals surface area contributed by atoms with Crippen molar-refractivity contribution >= 4 is 17.2 Å². The number of ether oxygens (including phenoxy) is 1. The summed E-state index contributed by atoms with van der Waals surface area (Å²) in [5.74, 6) is 0.156. The van der Waals surface area contributed by atoms with Gasteiger partial charge in [-0.05, 0) is 26.7 Å². The molecule has 2 atom stereocenters. The van der Waals surface area contributed by atoms with Crippen LogP contribution in [0.5, 0.6) is 0 Å². The third kappa shape index (κ3) is 2.98. The van der Waals surface area contributed by atoms with Crippen LogP contribution in [0.15, 0.2) is 11.6 Å². The van der Waals surface area contributed by atoms with Gasteiger partial charge in [-0.25, -0.2) is 4.98 Å². The average Bonchev–Trinajstić information content (AvgIpc) is 3.07. The Morgan fingerprint density at radius 2 is 2.52 bits per heavy atom. The fraction of sp³-hybridized carbons (Fsp3) is 0.733. The van der Waals surface area contributed by atoms with E-state index in [9.17, 15) is 4.79 Å². The maximum atomic E-state index is 12.7. The Hall–Kier alpha value is -0.980. The molecule has 6 heteroatoms. The van der Waals surface area contributed by atoms with Gasteiger partial charge in [-0.3, -0.25) is 9.69 Å². The molecule has 1 aromatic rings. The van der Waals surface area contributed by atoms with Gasteiger partial charge in [0.05, 0.1) is 18.1 Å². The molecule has 0 saturated carbocycles. The van der Waals surface area contributed by atoms with Gasteiger partial charge in [0.2, 0.25) is 5.91 Å². The van der Waals surface area contributed by atoms with E-state index in [1.807, 2.05) is 25.4 Å². The highest BCUT2D eigenvalue weighted by molar-refractivity contribution is 7.09. The number of carbonyl (C=O) groups excluding carboxylic acids is 1. The Morgan fingerprint density at radius 1 is 1.67 bits per heavy atom. The molecule has 0 unspecified atom stereocenters. The summed E-state index contributed by atoms with van der Waals surface area (Å²) in [5.41, 5.74) is -0.375. The van der Waals surface area contributed by atoms with E-state index in [-0.39, 0.29) is 23.5 Å². The summed E-state index contributed by atoms with van der Waals surface area (Å²) in [6.45, 7) is 7.30. The smallest absolute Gasteiger partial charge is 0.230 e. The first-order chi connectivity index (χ1) is 10.1. The number of hydrogen-bond acceptors (Lipinski definition) is 5. The molecule has 0 radical (unpaired) electrons. The number of likely N-dealkylation sites (tertiary alicyclic amines) is 1. The zero-order valence-corrected chi connectivity index (χ0v) is 13.5. The molecule has 0 spiro atoms. The van der Waals surface area contributed by atoms with E-state index in [4.69, 9.17) is 4.74 Å². The number of amides is 1. The van der Waals surface area contributed by atoms with Gasteiger partial charge in [0.25, 0.3) is 0 Å². The molecule has 5 nitrogen and oxygen atoms in total. The zero-order chi connectivity index (χ0) is 14.9. The second-order valence-electron chi connectivity index (χ2n) is 6.32. The van der Waals surface area contributed by atoms with Gasteiger partial charge in [-0.1, -0.05) is 0 Å². The highest BCUT2D eigenvalue weighted by Crippen LogP contribution is 2.41. The molecule has 1 amide bonds. The zero-order valence-electron chi connectivity index (χ0n) is 12.7. The van der Waals surface area contributed by atoms with E-state index in [0.29, 0.717) is 6.61 Å². The Bertz CT molecular complexity index is 491. The largest absolute Gasteiger partial charge is 0.377 e. The Kier molecular flexibility index (Phi) is 4.28. The molecule has 116 valence electrons. The van der Waals surface area contributed by atoms with Gasteiger partial charge in [0.15, 0.2) is 0 Å². The fourth-order valence-electron chi connectivity index (χ4n) is 3.42. The minimum absolute atomic E-state index is 0.0730. The SMILES string of the molecule is CC(C)NC(=O)[C@@]12CCO[C@@H]1CCN(Cc1nccs1)C2. The molecular formula is C15H23N3O2S. The average molecular weight is 309 g/mol. The fourth-order valence-corrected chi connectivity index (χ4v) is 4.07. The standard InChI is InChI=1S/C15H23N3O2S/c1-11(2)17-14(19)15-4-7-20-12(15)3-6-18(10-15)9-13-16-5-8-21-13/h5,8,11-12H,3-4,6-7,9-10H2,1-2H3,(H,17,19)/t12-,15-/m1/s1. The maximum Gasteiger partial charge on any atom is 0.230 e. The van der Waals surface area contributed by atoms with E-state index in [1.165, 1.54) is 0 Å². The quantitative estimate of drug-likeness (QED) is 0.919. The van der Waals surface area contributed by atoms with Crippen LogP contribution in [0.2, 0.25) is 0 Å². The number of aromatic nitrogens is 1. The van der Waals surface area contributed by atoms with Gasteiger partial charge in [0, 0.05) is 37.3 Å². The van der Waals surface area contributed by atoms with Gasteiger partial charge in [-0.15, -0.1) is 11.3 Å². The van der Waals surface area contributed by atoms with Crippen LogP contribution >= 0.6 is 11.3 Å². The molecule has 2 aliphatic heterocycles. The topological polar surface area (TPSA) is 54.5 Å². The molecule has 2 saturated heterocycles. The summed E-state index contributed by atoms with van der Waals surface area (Å²) >= 11 is 1.68. The van der Waals surface area contributed by atoms with Crippen molar-refractivity contribution in [3.05, 3.63) is 16.6 Å². The lowest BCUT2D eigenvalue weighted by Gasteiger charge is -2.42. The predicted octanol–water partition coefficient (Wildman–Crippen LogP) is 1.65. The van der Waals surface area contributed by atoms with Crippen molar-refractivity contribution in [2.24, 2.45) is 5.41 Å². The third-order valence-electron chi connectivity index (χ3n) is 4.41. The number of hydrogen-bond donors (Lipinski definition) is 1. The van der Waals surface area contributed by atoms with Crippen LogP contribution in [0.1, 0.15) is 31.7 Å². The number of nitrogens with zero attached hydrogens (tertiary/aromatic N) is 2. The van der Waals surface area contributed by atoms with Gasteiger partial charge in [0.1, 0.15) is 5.01 Å². The molecule has 2 aliphatic rings. The van der Waals surface area contributed by atoms with Crippen molar-refractivity contribution in [2.75, 3.05) is 19.7 Å². The highest BCUT2D eigenvalue weighted by atomic mass is 32.1. The summed E-state index contributed by atoms with van der Waals surface area (Å²) in [6, 6.07) is 0.169. The monoisotopic (exact) mass is 309 g/mol. The van der Waals surface area contributed by atoms with E-state index < -0.39 is 0 Å². The number of carbonyl (C=O) groups is 1. The molecule has 0 aliphatic carbocycles. The van der Waals surface area contributed by atoms with Crippen molar-refractivity contribution in [3.8, 4) is 0 Å². The normalized spacial score (nSPS) is 29.6. The summed E-state index contributed by atoms with van der Waals surface area (Å²) in [4.78, 5) is 19.4. The number of piperidine rings is 1. The van der Waals surface area contributed by atoms with Gasteiger partial charge >= 0.3 is 0 Å². The highest BCUT2D eigenvalue weighted by Gasteiger charge is 2.53. The van der Waals surface area contributed by atoms with E-state index in [2.05, 4.69) is 15.2 Å². The summed E-state index contributed by atoms with van der Waals surface area (Å²) in [5, 5.41) is 6.21. The van der Waals surface area contributed by atoms with Crippen LogP contribution in [-0.2, 0) is 16.1 Å². The van der Waals surface area contributed by atoms with Crippen molar-refractivity contribution in [2.45, 2.75) is 45.4 Å². The Balaban J connectivity index is 1.74. The predicted molar refractivity (Wildman–Crippen MR) is 82.1 cm³/mol. The molecule has 2 fully saturated rings. The molecule has 1 aromatic heterocycles. The lowest BCUT2D eigenvalue weighted by Crippen LogP contribution is -2.57. The minimum Gasteiger partial charge on any atom is -0.377 e. The van der Waals surface area contributed by atoms with Crippen molar-refractivity contribution in [3.63, 3.8) is 0 Å². The molecule has 3 rings (SSSR count). The number of rotatable bonds is 4. The second-order valence-corrected chi connectivity index (χ2v) is 7.30. The van der Waals surface area contributed by atoms with Gasteiger partial charge in [-0.2, -0.15) is 0 Å². The lowest BCUT2D eigenvalue weighted by atomic mass is 9.75. The van der Waals surface area contributed by atoms with Crippen molar-refractivity contribution in [1.29, 1.82) is 0 Å². The van der Waals surface area contributed by atoms with E-state index in [1.54, 1.807) is 11.3 Å². The number of nitrogens with one attached hydrogen (secondary N) is 1. The summed E-state index contributed by atoms with van der Waals surface area (Å²) < 4.78 is 5.85. The molecule has 21 heavy (non-hydrogen) atoms. The van der Waals surface area contributed by atoms with Crippen LogP contribution in [0.3, 0.4) is 0 Å². The first-order valence-corrected chi connectivity index (χ1v) is 8.51. The van der Waals surface area contributed by atoms with E-state index in [0.717, 1.165) is 37.5 Å². The first-order valence-electron chi connectivity index (χ1n) is 7.63. The second kappa shape index (κ2) is 6.02. The molecule has 0 bridgehead atoms. The Labute approximate surface area is 129 Å². The summed E-state index contributed by atoms with van der Waals surface area (Å²) in [6.07, 6.45) is 3.66. The molecular weight excluding hydrogens is 286 g/mol. The van der Waals surface area contributed by atoms with Crippen LogP contribution < -0.4 is 5.32 Å². The molecule has 0 aromatic carbocycles. The maximum absolute atomic E-state index is 12.7. The van der Waals surface area contributed by atoms with Crippen LogP contribution in [0, 0.1) is 5.41 Å². The number of fused-ring (bicyclic) bond motifs is 1. The molecule has 3 heterocycles. The lowest BCUT2D eigenvalue weighted by molar-refractivity contribution is -0.140. The van der Waals surface area contributed by atoms with Crippen molar-refractivity contribution < 1.29 is 9.53 Å². The van der Waals surface area contributed by atoms with Crippen LogP contribution in [-0.4, -0.2) is 47.6 Å². The third-order valence-corrected chi connectivity index (χ3v) is 5.18. The summed E-state index contributed by atoms with van der Waals surface area (Å²) in [7, 11) is 0. The van der Waals surface area contributed by atoms with Crippen LogP contribution in [0.25, 0.3) is 0 Å². The first kappa shape index (κ1) is 14.9. The van der Waals surface area contributed by atoms with E-state index >= 15 is 0 Å². The van der Waals surface area contributed by atoms with Crippen molar-refractivity contribution in [1.82, 2.24) is 15.2 Å². The Morgan fingerprint density at radius 3 is 3.24 bits per heavy atom.